The first-order valence-corrected chi connectivity index (χ1v) is 9.11. The van der Waals surface area contributed by atoms with E-state index < -0.39 is 0 Å². The third-order valence-electron chi connectivity index (χ3n) is 5.80. The van der Waals surface area contributed by atoms with Crippen LogP contribution in [0, 0.1) is 5.92 Å². The highest BCUT2D eigenvalue weighted by Crippen LogP contribution is 2.37. The van der Waals surface area contributed by atoms with Crippen molar-refractivity contribution in [2.24, 2.45) is 5.92 Å². The molecule has 1 fully saturated rings. The molecule has 0 N–H and O–H groups in total. The van der Waals surface area contributed by atoms with E-state index in [1.807, 2.05) is 0 Å². The van der Waals surface area contributed by atoms with Gasteiger partial charge in [0, 0.05) is 6.42 Å². The van der Waals surface area contributed by atoms with Gasteiger partial charge in [-0.2, -0.15) is 0 Å². The summed E-state index contributed by atoms with van der Waals surface area (Å²) in [5, 5.41) is 0. The van der Waals surface area contributed by atoms with Crippen LogP contribution in [0.25, 0.3) is 0 Å². The van der Waals surface area contributed by atoms with Crippen LogP contribution in [0.2, 0.25) is 0 Å². The molecular weight excluding hydrogens is 280 g/mol. The predicted octanol–water partition coefficient (Wildman–Crippen LogP) is 6.41. The highest BCUT2D eigenvalue weighted by Gasteiger charge is 2.30. The van der Waals surface area contributed by atoms with Crippen LogP contribution in [0.3, 0.4) is 0 Å². The molecule has 0 radical (unpaired) electrons. The number of hydrogen-bond donors (Lipinski definition) is 0. The van der Waals surface area contributed by atoms with Crippen LogP contribution < -0.4 is 4.74 Å². The molecule has 0 saturated heterocycles. The van der Waals surface area contributed by atoms with Crippen LogP contribution in [0.4, 0.5) is 0 Å². The molecule has 1 aromatic carbocycles. The van der Waals surface area contributed by atoms with Crippen molar-refractivity contribution in [3.8, 4) is 5.75 Å². The summed E-state index contributed by atoms with van der Waals surface area (Å²) in [6.45, 7) is 8.90. The molecule has 124 valence electrons. The van der Waals surface area contributed by atoms with Crippen molar-refractivity contribution in [1.82, 2.24) is 0 Å². The minimum atomic E-state index is -0.207. The van der Waals surface area contributed by atoms with E-state index in [1.54, 1.807) is 0 Å². The van der Waals surface area contributed by atoms with Gasteiger partial charge in [0.1, 0.15) is 11.4 Å². The minimum absolute atomic E-state index is 0.207. The molecule has 1 saturated carbocycles. The molecule has 0 bridgehead atoms. The molecule has 23 heavy (non-hydrogen) atoms. The van der Waals surface area contributed by atoms with Gasteiger partial charge in [0.15, 0.2) is 0 Å². The molecule has 3 rings (SSSR count). The summed E-state index contributed by atoms with van der Waals surface area (Å²) in [7, 11) is 0. The van der Waals surface area contributed by atoms with Crippen molar-refractivity contribution < 1.29 is 4.74 Å². The number of rotatable bonds is 3. The Labute approximate surface area is 141 Å². The maximum absolute atomic E-state index is 6.35. The fourth-order valence-corrected chi connectivity index (χ4v) is 3.85. The fraction of sp³-hybridized carbons (Fsp3) is 0.545. The topological polar surface area (TPSA) is 9.23 Å². The zero-order chi connectivity index (χ0) is 16.4. The molecule has 0 heterocycles. The predicted molar refractivity (Wildman–Crippen MR) is 98.0 cm³/mol. The number of hydrogen-bond acceptors (Lipinski definition) is 1. The number of ether oxygens (including phenoxy) is 1. The SMILES string of the molecule is CC1=CCC(C)(Oc2ccc(C3CCC(C)CC3)cc2)C(C)=C1. The monoisotopic (exact) mass is 310 g/mol. The molecule has 1 nitrogen and oxygen atoms in total. The van der Waals surface area contributed by atoms with Crippen molar-refractivity contribution in [3.05, 3.63) is 53.1 Å². The van der Waals surface area contributed by atoms with E-state index in [9.17, 15) is 0 Å². The normalized spacial score (nSPS) is 31.3. The average Bonchev–Trinajstić information content (AvgIpc) is 2.53. The van der Waals surface area contributed by atoms with E-state index in [-0.39, 0.29) is 5.60 Å². The van der Waals surface area contributed by atoms with Crippen LogP contribution in [0.5, 0.6) is 5.75 Å². The molecule has 1 aromatic rings. The minimum Gasteiger partial charge on any atom is -0.483 e. The summed E-state index contributed by atoms with van der Waals surface area (Å²) >= 11 is 0. The van der Waals surface area contributed by atoms with Crippen molar-refractivity contribution >= 4 is 0 Å². The summed E-state index contributed by atoms with van der Waals surface area (Å²) < 4.78 is 6.35. The van der Waals surface area contributed by atoms with Crippen molar-refractivity contribution in [3.63, 3.8) is 0 Å². The van der Waals surface area contributed by atoms with Crippen LogP contribution >= 0.6 is 0 Å². The van der Waals surface area contributed by atoms with Crippen molar-refractivity contribution in [2.75, 3.05) is 0 Å². The molecule has 0 aliphatic heterocycles. The summed E-state index contributed by atoms with van der Waals surface area (Å²) in [5.74, 6) is 2.64. The average molecular weight is 310 g/mol. The maximum Gasteiger partial charge on any atom is 0.131 e. The third-order valence-corrected chi connectivity index (χ3v) is 5.80. The van der Waals surface area contributed by atoms with E-state index in [2.05, 4.69) is 64.1 Å². The van der Waals surface area contributed by atoms with Gasteiger partial charge >= 0.3 is 0 Å². The van der Waals surface area contributed by atoms with Crippen molar-refractivity contribution in [2.45, 2.75) is 71.3 Å². The van der Waals surface area contributed by atoms with E-state index >= 15 is 0 Å². The highest BCUT2D eigenvalue weighted by atomic mass is 16.5. The zero-order valence-electron chi connectivity index (χ0n) is 15.1. The standard InChI is InChI=1S/C22H30O/c1-16-5-7-19(8-6-16)20-9-11-21(12-10-20)23-22(4)14-13-17(2)15-18(22)3/h9-13,15-16,19H,5-8,14H2,1-4H3. The quantitative estimate of drug-likeness (QED) is 0.626. The Morgan fingerprint density at radius 3 is 2.26 bits per heavy atom. The van der Waals surface area contributed by atoms with Gasteiger partial charge < -0.3 is 4.74 Å². The first kappa shape index (κ1) is 16.4. The Hall–Kier alpha value is -1.50. The molecule has 0 amide bonds. The number of benzene rings is 1. The molecule has 2 aliphatic carbocycles. The molecule has 0 aromatic heterocycles. The smallest absolute Gasteiger partial charge is 0.131 e. The Morgan fingerprint density at radius 1 is 1.00 bits per heavy atom. The van der Waals surface area contributed by atoms with Gasteiger partial charge in [-0.1, -0.05) is 49.6 Å². The lowest BCUT2D eigenvalue weighted by atomic mass is 9.79. The summed E-state index contributed by atoms with van der Waals surface area (Å²) in [5.41, 5.74) is 3.93. The van der Waals surface area contributed by atoms with Crippen LogP contribution in [-0.2, 0) is 0 Å². The number of allylic oxidation sites excluding steroid dienone is 2. The highest BCUT2D eigenvalue weighted by molar-refractivity contribution is 5.36. The molecule has 1 heteroatoms. The lowest BCUT2D eigenvalue weighted by molar-refractivity contribution is 0.129. The Kier molecular flexibility index (Phi) is 4.66. The molecular formula is C22H30O. The van der Waals surface area contributed by atoms with E-state index in [4.69, 9.17) is 4.74 Å². The van der Waals surface area contributed by atoms with E-state index in [0.29, 0.717) is 0 Å². The Morgan fingerprint density at radius 2 is 1.65 bits per heavy atom. The zero-order valence-corrected chi connectivity index (χ0v) is 15.1. The first-order chi connectivity index (χ1) is 11.0. The lowest BCUT2D eigenvalue weighted by Gasteiger charge is -2.34. The lowest BCUT2D eigenvalue weighted by Crippen LogP contribution is -2.34. The van der Waals surface area contributed by atoms with Gasteiger partial charge in [0.25, 0.3) is 0 Å². The van der Waals surface area contributed by atoms with Gasteiger partial charge in [-0.25, -0.2) is 0 Å². The Balaban J connectivity index is 1.67. The van der Waals surface area contributed by atoms with E-state index in [0.717, 1.165) is 24.0 Å². The molecule has 1 atom stereocenters. The van der Waals surface area contributed by atoms with Gasteiger partial charge in [-0.3, -0.25) is 0 Å². The third kappa shape index (κ3) is 3.71. The van der Waals surface area contributed by atoms with Gasteiger partial charge in [-0.05, 0) is 68.7 Å². The maximum atomic E-state index is 6.35. The van der Waals surface area contributed by atoms with Crippen molar-refractivity contribution in [1.29, 1.82) is 0 Å². The van der Waals surface area contributed by atoms with Gasteiger partial charge in [-0.15, -0.1) is 0 Å². The first-order valence-electron chi connectivity index (χ1n) is 9.11. The molecule has 1 unspecified atom stereocenters. The summed E-state index contributed by atoms with van der Waals surface area (Å²) in [4.78, 5) is 0. The van der Waals surface area contributed by atoms with Gasteiger partial charge in [0.2, 0.25) is 0 Å². The van der Waals surface area contributed by atoms with E-state index in [1.165, 1.54) is 42.4 Å². The Bertz CT molecular complexity index is 599. The fourth-order valence-electron chi connectivity index (χ4n) is 3.85. The molecule has 0 spiro atoms. The van der Waals surface area contributed by atoms with Crippen LogP contribution in [-0.4, -0.2) is 5.60 Å². The molecule has 2 aliphatic rings. The second-order valence-corrected chi connectivity index (χ2v) is 7.84. The second-order valence-electron chi connectivity index (χ2n) is 7.84. The van der Waals surface area contributed by atoms with Crippen LogP contribution in [0.1, 0.15) is 71.3 Å². The second kappa shape index (κ2) is 6.55. The summed E-state index contributed by atoms with van der Waals surface area (Å²) in [6.07, 6.45) is 10.9. The van der Waals surface area contributed by atoms with Crippen LogP contribution in [0.15, 0.2) is 47.6 Å². The summed E-state index contributed by atoms with van der Waals surface area (Å²) in [6, 6.07) is 8.89. The van der Waals surface area contributed by atoms with Gasteiger partial charge in [0.05, 0.1) is 0 Å². The largest absolute Gasteiger partial charge is 0.483 e.